The molecule has 0 radical (unpaired) electrons. The van der Waals surface area contributed by atoms with E-state index in [1.165, 1.54) is 52.0 Å². The van der Waals surface area contributed by atoms with Crippen LogP contribution >= 0.6 is 0 Å². The minimum Gasteiger partial charge on any atom is -0.419 e. The van der Waals surface area contributed by atoms with E-state index in [1.807, 2.05) is 12.1 Å². The van der Waals surface area contributed by atoms with E-state index in [-0.39, 0.29) is 50.9 Å². The number of esters is 4. The zero-order chi connectivity index (χ0) is 36.0. The van der Waals surface area contributed by atoms with Crippen molar-refractivity contribution in [2.24, 2.45) is 0 Å². The van der Waals surface area contributed by atoms with E-state index >= 15 is 4.39 Å². The van der Waals surface area contributed by atoms with Crippen molar-refractivity contribution < 1.29 is 42.5 Å². The molecular formula is C40H33FO8. The van der Waals surface area contributed by atoms with Crippen LogP contribution in [0.15, 0.2) is 127 Å². The van der Waals surface area contributed by atoms with E-state index in [4.69, 9.17) is 18.9 Å². The Morgan fingerprint density at radius 3 is 1.12 bits per heavy atom. The third kappa shape index (κ3) is 8.72. The summed E-state index contributed by atoms with van der Waals surface area (Å²) in [7, 11) is 0. The quantitative estimate of drug-likeness (QED) is 0.0894. The Balaban J connectivity index is 1.63. The molecule has 0 fully saturated rings. The van der Waals surface area contributed by atoms with Crippen LogP contribution in [0.2, 0.25) is 0 Å². The average molecular weight is 661 g/mol. The SMILES string of the molecule is C=C(C)C(=O)Oc1ccc(-c2ccc(-c3ccc(-c4ccc(OC(=O)C(=C)C)c(OC(=O)C(=C)C)c4)c(F)c3)cc2)cc1OC(=O)C(=C)C. The van der Waals surface area contributed by atoms with Gasteiger partial charge in [0.05, 0.1) is 0 Å². The molecule has 0 saturated carbocycles. The van der Waals surface area contributed by atoms with Gasteiger partial charge in [0.2, 0.25) is 0 Å². The summed E-state index contributed by atoms with van der Waals surface area (Å²) in [6.45, 7) is 20.2. The molecular weight excluding hydrogens is 627 g/mol. The largest absolute Gasteiger partial charge is 0.419 e. The molecule has 0 aliphatic rings. The number of ether oxygens (including phenoxy) is 4. The second-order valence-corrected chi connectivity index (χ2v) is 11.3. The van der Waals surface area contributed by atoms with Gasteiger partial charge in [-0.3, -0.25) is 0 Å². The predicted octanol–water partition coefficient (Wildman–Crippen LogP) is 8.75. The summed E-state index contributed by atoms with van der Waals surface area (Å²) in [5.41, 5.74) is 3.91. The Labute approximate surface area is 283 Å². The molecule has 0 N–H and O–H groups in total. The van der Waals surface area contributed by atoms with Crippen molar-refractivity contribution in [3.05, 3.63) is 133 Å². The number of carbonyl (C=O) groups is 4. The molecule has 0 bridgehead atoms. The first-order chi connectivity index (χ1) is 23.1. The number of hydrogen-bond acceptors (Lipinski definition) is 8. The van der Waals surface area contributed by atoms with Crippen LogP contribution in [-0.4, -0.2) is 23.9 Å². The maximum atomic E-state index is 15.6. The second kappa shape index (κ2) is 15.0. The highest BCUT2D eigenvalue weighted by Gasteiger charge is 2.19. The molecule has 4 rings (SSSR count). The molecule has 0 aromatic heterocycles. The molecule has 0 amide bonds. The van der Waals surface area contributed by atoms with Crippen LogP contribution in [0.5, 0.6) is 23.0 Å². The summed E-state index contributed by atoms with van der Waals surface area (Å²) in [6.07, 6.45) is 0. The molecule has 0 aliphatic carbocycles. The Morgan fingerprint density at radius 1 is 0.429 bits per heavy atom. The van der Waals surface area contributed by atoms with Crippen molar-refractivity contribution in [2.75, 3.05) is 0 Å². The van der Waals surface area contributed by atoms with E-state index in [0.29, 0.717) is 22.3 Å². The first kappa shape index (κ1) is 35.5. The van der Waals surface area contributed by atoms with Gasteiger partial charge in [0, 0.05) is 27.9 Å². The summed E-state index contributed by atoms with van der Waals surface area (Å²) in [6, 6.07) is 21.1. The third-order valence-corrected chi connectivity index (χ3v) is 6.92. The first-order valence-corrected chi connectivity index (χ1v) is 14.8. The molecule has 0 heterocycles. The fourth-order valence-electron chi connectivity index (χ4n) is 4.22. The Morgan fingerprint density at radius 2 is 0.735 bits per heavy atom. The van der Waals surface area contributed by atoms with Gasteiger partial charge in [-0.1, -0.05) is 74.8 Å². The highest BCUT2D eigenvalue weighted by molar-refractivity contribution is 5.92. The summed E-state index contributed by atoms with van der Waals surface area (Å²) >= 11 is 0. The maximum Gasteiger partial charge on any atom is 0.338 e. The highest BCUT2D eigenvalue weighted by Crippen LogP contribution is 2.37. The lowest BCUT2D eigenvalue weighted by atomic mass is 9.97. The molecule has 4 aromatic carbocycles. The average Bonchev–Trinajstić information content (AvgIpc) is 3.06. The van der Waals surface area contributed by atoms with E-state index in [1.54, 1.807) is 42.5 Å². The van der Waals surface area contributed by atoms with Crippen molar-refractivity contribution in [2.45, 2.75) is 27.7 Å². The lowest BCUT2D eigenvalue weighted by Crippen LogP contribution is -2.12. The van der Waals surface area contributed by atoms with Gasteiger partial charge in [-0.2, -0.15) is 0 Å². The smallest absolute Gasteiger partial charge is 0.338 e. The van der Waals surface area contributed by atoms with Crippen molar-refractivity contribution in [1.29, 1.82) is 0 Å². The normalized spacial score (nSPS) is 10.4. The number of benzene rings is 4. The molecule has 0 spiro atoms. The topological polar surface area (TPSA) is 105 Å². The minimum absolute atomic E-state index is 0.0291. The maximum absolute atomic E-state index is 15.6. The summed E-state index contributed by atoms with van der Waals surface area (Å²) in [5, 5.41) is 0. The van der Waals surface area contributed by atoms with E-state index in [9.17, 15) is 19.2 Å². The number of halogens is 1. The predicted molar refractivity (Wildman–Crippen MR) is 185 cm³/mol. The lowest BCUT2D eigenvalue weighted by molar-refractivity contribution is -0.132. The number of hydrogen-bond donors (Lipinski definition) is 0. The van der Waals surface area contributed by atoms with Crippen molar-refractivity contribution in [3.63, 3.8) is 0 Å². The van der Waals surface area contributed by atoms with Crippen LogP contribution in [0.25, 0.3) is 33.4 Å². The van der Waals surface area contributed by atoms with Gasteiger partial charge in [0.1, 0.15) is 5.82 Å². The second-order valence-electron chi connectivity index (χ2n) is 11.3. The molecule has 0 atom stereocenters. The third-order valence-electron chi connectivity index (χ3n) is 6.92. The minimum atomic E-state index is -0.740. The van der Waals surface area contributed by atoms with Gasteiger partial charge in [-0.05, 0) is 85.8 Å². The van der Waals surface area contributed by atoms with E-state index in [0.717, 1.165) is 5.56 Å². The monoisotopic (exact) mass is 660 g/mol. The van der Waals surface area contributed by atoms with Crippen LogP contribution in [0.1, 0.15) is 27.7 Å². The Kier molecular flexibility index (Phi) is 10.9. The molecule has 0 saturated heterocycles. The molecule has 8 nitrogen and oxygen atoms in total. The Hall–Kier alpha value is -6.35. The van der Waals surface area contributed by atoms with Gasteiger partial charge in [-0.15, -0.1) is 0 Å². The van der Waals surface area contributed by atoms with Crippen molar-refractivity contribution in [3.8, 4) is 56.4 Å². The van der Waals surface area contributed by atoms with Crippen LogP contribution in [0.4, 0.5) is 4.39 Å². The van der Waals surface area contributed by atoms with Crippen molar-refractivity contribution >= 4 is 23.9 Å². The van der Waals surface area contributed by atoms with Crippen LogP contribution in [0.3, 0.4) is 0 Å². The zero-order valence-electron chi connectivity index (χ0n) is 27.5. The summed E-state index contributed by atoms with van der Waals surface area (Å²) in [4.78, 5) is 48.8. The van der Waals surface area contributed by atoms with Crippen LogP contribution < -0.4 is 18.9 Å². The molecule has 0 unspecified atom stereocenters. The van der Waals surface area contributed by atoms with Gasteiger partial charge >= 0.3 is 23.9 Å². The van der Waals surface area contributed by atoms with Gasteiger partial charge in [-0.25, -0.2) is 23.6 Å². The van der Waals surface area contributed by atoms with Gasteiger partial charge in [0.15, 0.2) is 23.0 Å². The molecule has 9 heteroatoms. The molecule has 49 heavy (non-hydrogen) atoms. The van der Waals surface area contributed by atoms with Crippen molar-refractivity contribution in [1.82, 2.24) is 0 Å². The summed E-state index contributed by atoms with van der Waals surface area (Å²) < 4.78 is 37.0. The molecule has 4 aromatic rings. The standard InChI is InChI=1S/C40H33FO8/c1-22(2)37(42)46-33-17-14-29(20-35(33)48-39(44)24(5)6)27-11-9-26(10-12-27)28-13-16-31(32(41)19-28)30-15-18-34(47-38(43)23(3)4)36(21-30)49-40(45)25(7)8/h9-21H,1,3,5,7H2,2,4,6,8H3. The van der Waals surface area contributed by atoms with Gasteiger partial charge in [0.25, 0.3) is 0 Å². The first-order valence-electron chi connectivity index (χ1n) is 14.8. The zero-order valence-corrected chi connectivity index (χ0v) is 27.5. The fourth-order valence-corrected chi connectivity index (χ4v) is 4.22. The summed E-state index contributed by atoms with van der Waals surface area (Å²) in [5.74, 6) is -3.40. The van der Waals surface area contributed by atoms with Gasteiger partial charge < -0.3 is 18.9 Å². The molecule has 248 valence electrons. The van der Waals surface area contributed by atoms with E-state index in [2.05, 4.69) is 26.3 Å². The number of rotatable bonds is 11. The van der Waals surface area contributed by atoms with Crippen LogP contribution in [-0.2, 0) is 19.2 Å². The Bertz CT molecular complexity index is 2050. The van der Waals surface area contributed by atoms with Crippen LogP contribution in [0, 0.1) is 5.82 Å². The highest BCUT2D eigenvalue weighted by atomic mass is 19.1. The molecule has 0 aliphatic heterocycles. The van der Waals surface area contributed by atoms with E-state index < -0.39 is 29.7 Å². The lowest BCUT2D eigenvalue weighted by Gasteiger charge is -2.14. The fraction of sp³-hybridized carbons (Fsp3) is 0.100. The number of carbonyl (C=O) groups excluding carboxylic acids is 4.